The molecule has 0 saturated carbocycles. The highest BCUT2D eigenvalue weighted by atomic mass is 16.2. The number of rotatable bonds is 6. The van der Waals surface area contributed by atoms with E-state index in [1.165, 1.54) is 19.4 Å². The number of hydrogen-bond acceptors (Lipinski definition) is 2. The van der Waals surface area contributed by atoms with Crippen LogP contribution in [0.15, 0.2) is 12.2 Å². The summed E-state index contributed by atoms with van der Waals surface area (Å²) in [6.07, 6.45) is 4.29. The monoisotopic (exact) mass is 252 g/mol. The Morgan fingerprint density at radius 2 is 2.22 bits per heavy atom. The minimum atomic E-state index is 0.286. The second-order valence-corrected chi connectivity index (χ2v) is 5.67. The highest BCUT2D eigenvalue weighted by Gasteiger charge is 2.19. The zero-order valence-electron chi connectivity index (χ0n) is 12.2. The van der Waals surface area contributed by atoms with Crippen molar-refractivity contribution in [2.45, 2.75) is 39.5 Å². The van der Waals surface area contributed by atoms with Crippen LogP contribution in [0.25, 0.3) is 0 Å². The standard InChI is InChI=1S/C15H28N2O/c1-5-17(11-13(2)3)15(18)9-8-14-7-6-10-16(4)12-14/h14H,2,5-12H2,1,3-4H3. The predicted molar refractivity (Wildman–Crippen MR) is 76.5 cm³/mol. The van der Waals surface area contributed by atoms with E-state index in [9.17, 15) is 4.79 Å². The second-order valence-electron chi connectivity index (χ2n) is 5.67. The van der Waals surface area contributed by atoms with Gasteiger partial charge in [-0.05, 0) is 52.6 Å². The van der Waals surface area contributed by atoms with E-state index in [0.717, 1.165) is 25.1 Å². The molecule has 18 heavy (non-hydrogen) atoms. The summed E-state index contributed by atoms with van der Waals surface area (Å²) < 4.78 is 0. The fourth-order valence-electron chi connectivity index (χ4n) is 2.70. The molecule has 0 bridgehead atoms. The number of carbonyl (C=O) groups is 1. The van der Waals surface area contributed by atoms with Gasteiger partial charge in [0.1, 0.15) is 0 Å². The van der Waals surface area contributed by atoms with Gasteiger partial charge in [0, 0.05) is 26.1 Å². The summed E-state index contributed by atoms with van der Waals surface area (Å²) in [5, 5.41) is 0. The summed E-state index contributed by atoms with van der Waals surface area (Å²) in [7, 11) is 2.17. The van der Waals surface area contributed by atoms with Gasteiger partial charge in [-0.1, -0.05) is 12.2 Å². The normalized spacial score (nSPS) is 20.7. The van der Waals surface area contributed by atoms with Crippen LogP contribution >= 0.6 is 0 Å². The lowest BCUT2D eigenvalue weighted by atomic mass is 9.93. The van der Waals surface area contributed by atoms with E-state index in [-0.39, 0.29) is 5.91 Å². The van der Waals surface area contributed by atoms with Crippen molar-refractivity contribution in [3.05, 3.63) is 12.2 Å². The number of likely N-dealkylation sites (N-methyl/N-ethyl adjacent to an activating group) is 1. The van der Waals surface area contributed by atoms with E-state index in [4.69, 9.17) is 0 Å². The van der Waals surface area contributed by atoms with Gasteiger partial charge in [-0.15, -0.1) is 0 Å². The predicted octanol–water partition coefficient (Wildman–Crippen LogP) is 2.53. The van der Waals surface area contributed by atoms with Crippen molar-refractivity contribution in [3.8, 4) is 0 Å². The van der Waals surface area contributed by atoms with E-state index < -0.39 is 0 Å². The molecule has 1 saturated heterocycles. The van der Waals surface area contributed by atoms with Gasteiger partial charge < -0.3 is 9.80 Å². The molecule has 0 aliphatic carbocycles. The van der Waals surface area contributed by atoms with Crippen LogP contribution in [-0.4, -0.2) is 48.9 Å². The molecule has 0 aromatic carbocycles. The van der Waals surface area contributed by atoms with E-state index in [1.54, 1.807) is 0 Å². The molecule has 0 spiro atoms. The molecular formula is C15H28N2O. The molecule has 1 atom stereocenters. The van der Waals surface area contributed by atoms with Crippen LogP contribution in [-0.2, 0) is 4.79 Å². The lowest BCUT2D eigenvalue weighted by molar-refractivity contribution is -0.131. The number of amides is 1. The van der Waals surface area contributed by atoms with Gasteiger partial charge in [-0.3, -0.25) is 4.79 Å². The Labute approximate surface area is 112 Å². The Balaban J connectivity index is 2.32. The molecule has 1 rings (SSSR count). The summed E-state index contributed by atoms with van der Waals surface area (Å²) in [5.74, 6) is 0.991. The zero-order chi connectivity index (χ0) is 13.5. The maximum Gasteiger partial charge on any atom is 0.222 e. The van der Waals surface area contributed by atoms with Crippen molar-refractivity contribution >= 4 is 5.91 Å². The molecule has 1 aliphatic rings. The third-order valence-corrected chi connectivity index (χ3v) is 3.68. The van der Waals surface area contributed by atoms with Crippen molar-refractivity contribution in [1.29, 1.82) is 0 Å². The molecular weight excluding hydrogens is 224 g/mol. The molecule has 0 aromatic rings. The van der Waals surface area contributed by atoms with E-state index in [2.05, 4.69) is 18.5 Å². The Morgan fingerprint density at radius 3 is 2.78 bits per heavy atom. The number of piperidine rings is 1. The first-order valence-corrected chi connectivity index (χ1v) is 7.13. The average molecular weight is 252 g/mol. The molecule has 1 amide bonds. The van der Waals surface area contributed by atoms with Crippen LogP contribution in [0.1, 0.15) is 39.5 Å². The molecule has 3 heteroatoms. The topological polar surface area (TPSA) is 23.6 Å². The molecule has 104 valence electrons. The van der Waals surface area contributed by atoms with E-state index in [0.29, 0.717) is 18.9 Å². The number of carbonyl (C=O) groups excluding carboxylic acids is 1. The summed E-state index contributed by atoms with van der Waals surface area (Å²) in [5.41, 5.74) is 1.06. The zero-order valence-corrected chi connectivity index (χ0v) is 12.2. The van der Waals surface area contributed by atoms with Crippen molar-refractivity contribution in [2.24, 2.45) is 5.92 Å². The number of likely N-dealkylation sites (tertiary alicyclic amines) is 1. The lowest BCUT2D eigenvalue weighted by Gasteiger charge is -2.30. The minimum absolute atomic E-state index is 0.286. The molecule has 1 fully saturated rings. The Hall–Kier alpha value is -0.830. The minimum Gasteiger partial charge on any atom is -0.339 e. The third kappa shape index (κ3) is 5.21. The van der Waals surface area contributed by atoms with E-state index >= 15 is 0 Å². The Morgan fingerprint density at radius 1 is 1.50 bits per heavy atom. The number of nitrogens with zero attached hydrogens (tertiary/aromatic N) is 2. The van der Waals surface area contributed by atoms with Crippen LogP contribution in [0, 0.1) is 5.92 Å². The van der Waals surface area contributed by atoms with Crippen LogP contribution < -0.4 is 0 Å². The van der Waals surface area contributed by atoms with Crippen LogP contribution in [0.5, 0.6) is 0 Å². The smallest absolute Gasteiger partial charge is 0.222 e. The third-order valence-electron chi connectivity index (χ3n) is 3.68. The first-order chi connectivity index (χ1) is 8.52. The Bertz CT molecular complexity index is 288. The van der Waals surface area contributed by atoms with E-state index in [1.807, 2.05) is 18.7 Å². The van der Waals surface area contributed by atoms with Gasteiger partial charge >= 0.3 is 0 Å². The molecule has 0 aromatic heterocycles. The summed E-state index contributed by atoms with van der Waals surface area (Å²) in [4.78, 5) is 16.4. The first-order valence-electron chi connectivity index (χ1n) is 7.13. The second kappa shape index (κ2) is 7.57. The molecule has 1 unspecified atom stereocenters. The summed E-state index contributed by atoms with van der Waals surface area (Å²) >= 11 is 0. The van der Waals surface area contributed by atoms with Crippen molar-refractivity contribution in [3.63, 3.8) is 0 Å². The van der Waals surface area contributed by atoms with Gasteiger partial charge in [0.2, 0.25) is 5.91 Å². The first kappa shape index (κ1) is 15.2. The van der Waals surface area contributed by atoms with Crippen molar-refractivity contribution < 1.29 is 4.79 Å². The summed E-state index contributed by atoms with van der Waals surface area (Å²) in [6.45, 7) is 11.8. The van der Waals surface area contributed by atoms with Crippen LogP contribution in [0.4, 0.5) is 0 Å². The lowest BCUT2D eigenvalue weighted by Crippen LogP contribution is -2.35. The largest absolute Gasteiger partial charge is 0.339 e. The quantitative estimate of drug-likeness (QED) is 0.678. The highest BCUT2D eigenvalue weighted by molar-refractivity contribution is 5.76. The molecule has 3 nitrogen and oxygen atoms in total. The molecule has 0 N–H and O–H groups in total. The van der Waals surface area contributed by atoms with Gasteiger partial charge in [-0.25, -0.2) is 0 Å². The van der Waals surface area contributed by atoms with Crippen LogP contribution in [0.2, 0.25) is 0 Å². The fourth-order valence-corrected chi connectivity index (χ4v) is 2.70. The molecule has 1 aliphatic heterocycles. The van der Waals surface area contributed by atoms with Crippen LogP contribution in [0.3, 0.4) is 0 Å². The van der Waals surface area contributed by atoms with Gasteiger partial charge in [0.25, 0.3) is 0 Å². The molecule has 1 heterocycles. The molecule has 0 radical (unpaired) electrons. The summed E-state index contributed by atoms with van der Waals surface area (Å²) in [6, 6.07) is 0. The Kier molecular flexibility index (Phi) is 6.41. The average Bonchev–Trinajstić information content (AvgIpc) is 2.33. The SMILES string of the molecule is C=C(C)CN(CC)C(=O)CCC1CCCN(C)C1. The maximum absolute atomic E-state index is 12.1. The number of hydrogen-bond donors (Lipinski definition) is 0. The maximum atomic E-state index is 12.1. The fraction of sp³-hybridized carbons (Fsp3) is 0.800. The van der Waals surface area contributed by atoms with Crippen molar-refractivity contribution in [2.75, 3.05) is 33.2 Å². The van der Waals surface area contributed by atoms with Gasteiger partial charge in [-0.2, -0.15) is 0 Å². The van der Waals surface area contributed by atoms with Crippen molar-refractivity contribution in [1.82, 2.24) is 9.80 Å². The van der Waals surface area contributed by atoms with Gasteiger partial charge in [0.15, 0.2) is 0 Å². The highest BCUT2D eigenvalue weighted by Crippen LogP contribution is 2.20. The van der Waals surface area contributed by atoms with Gasteiger partial charge in [0.05, 0.1) is 0 Å².